The normalized spacial score (nSPS) is 11.3. The summed E-state index contributed by atoms with van der Waals surface area (Å²) in [7, 11) is 0. The Balaban J connectivity index is 0.00000288. The van der Waals surface area contributed by atoms with Gasteiger partial charge < -0.3 is 39.6 Å². The molecule has 0 radical (unpaired) electrons. The fraction of sp³-hybridized carbons (Fsp3) is 0.125. The Bertz CT molecular complexity index is 1480. The van der Waals surface area contributed by atoms with E-state index in [1.165, 1.54) is 47.0 Å². The molecule has 0 atom stereocenters. The molecule has 0 unspecified atom stereocenters. The fourth-order valence-corrected chi connectivity index (χ4v) is 9.52. The molecule has 1 heterocycles. The second kappa shape index (κ2) is 21.6. The molecule has 8 nitrogen and oxygen atoms in total. The van der Waals surface area contributed by atoms with Crippen LogP contribution in [0.15, 0.2) is 112 Å². The van der Waals surface area contributed by atoms with Gasteiger partial charge in [0, 0.05) is 88.7 Å². The quantitative estimate of drug-likeness (QED) is 0.138. The number of aliphatic carboxylic acids is 4. The molecule has 224 valence electrons. The van der Waals surface area contributed by atoms with Gasteiger partial charge in [0.1, 0.15) is 0 Å². The van der Waals surface area contributed by atoms with E-state index in [0.717, 1.165) is 0 Å². The number of carbonyl (C=O) groups is 4. The molecular weight excluding hydrogens is 733 g/mol. The van der Waals surface area contributed by atoms with Gasteiger partial charge in [0.15, 0.2) is 0 Å². The van der Waals surface area contributed by atoms with Gasteiger partial charge in [-0.05, 0) is 70.8 Å². The van der Waals surface area contributed by atoms with E-state index in [-0.39, 0.29) is 118 Å². The van der Waals surface area contributed by atoms with Crippen LogP contribution in [0.5, 0.6) is 0 Å². The number of benzene rings is 4. The van der Waals surface area contributed by atoms with E-state index < -0.39 is 49.6 Å². The Morgan fingerprint density at radius 2 is 0.500 bits per heavy atom. The van der Waals surface area contributed by atoms with E-state index in [4.69, 9.17) is 0 Å². The maximum atomic E-state index is 11.9. The first-order valence-electron chi connectivity index (χ1n) is 13.1. The van der Waals surface area contributed by atoms with Crippen LogP contribution in [0, 0.1) is 0 Å². The molecular formula is C32H20Na4O8S4. The summed E-state index contributed by atoms with van der Waals surface area (Å²) >= 11 is 4.79. The summed E-state index contributed by atoms with van der Waals surface area (Å²) in [6, 6.07) is 20.8. The molecule has 0 spiro atoms. The van der Waals surface area contributed by atoms with Crippen LogP contribution in [-0.4, -0.2) is 23.9 Å². The summed E-state index contributed by atoms with van der Waals surface area (Å²) in [5.41, 5.74) is 1.74. The van der Waals surface area contributed by atoms with E-state index in [9.17, 15) is 39.6 Å². The number of carbonyl (C=O) groups excluding carboxylic acids is 4. The van der Waals surface area contributed by atoms with Crippen molar-refractivity contribution in [1.82, 2.24) is 0 Å². The van der Waals surface area contributed by atoms with Crippen molar-refractivity contribution in [3.63, 3.8) is 0 Å². The van der Waals surface area contributed by atoms with Crippen molar-refractivity contribution in [1.29, 1.82) is 0 Å². The van der Waals surface area contributed by atoms with Crippen LogP contribution in [0.1, 0.15) is 22.3 Å². The van der Waals surface area contributed by atoms with Crippen molar-refractivity contribution in [3.05, 3.63) is 95.1 Å². The third-order valence-corrected chi connectivity index (χ3v) is 11.3. The second-order valence-corrected chi connectivity index (χ2v) is 13.9. The van der Waals surface area contributed by atoms with Crippen LogP contribution in [0.25, 0.3) is 0 Å². The van der Waals surface area contributed by atoms with E-state index in [2.05, 4.69) is 0 Å². The smallest absolute Gasteiger partial charge is 0.550 e. The Morgan fingerprint density at radius 1 is 0.354 bits per heavy atom. The van der Waals surface area contributed by atoms with Gasteiger partial charge in [-0.1, -0.05) is 71.3 Å². The molecule has 4 aromatic rings. The molecule has 4 aromatic carbocycles. The molecule has 48 heavy (non-hydrogen) atoms. The Kier molecular flexibility index (Phi) is 20.8. The van der Waals surface area contributed by atoms with E-state index in [0.29, 0.717) is 61.4 Å². The largest absolute Gasteiger partial charge is 1.00 e. The molecule has 1 aliphatic heterocycles. The number of carboxylic acids is 4. The predicted molar refractivity (Wildman–Crippen MR) is 157 cm³/mol. The number of fused-ring (bicyclic) bond motifs is 8. The number of hydrogen-bond donors (Lipinski definition) is 0. The molecule has 0 aromatic heterocycles. The van der Waals surface area contributed by atoms with Crippen molar-refractivity contribution in [2.24, 2.45) is 0 Å². The van der Waals surface area contributed by atoms with Crippen molar-refractivity contribution in [2.75, 3.05) is 0 Å². The van der Waals surface area contributed by atoms with Gasteiger partial charge in [-0.25, -0.2) is 0 Å². The molecule has 0 amide bonds. The van der Waals surface area contributed by atoms with Crippen LogP contribution in [0.3, 0.4) is 0 Å². The molecule has 0 aliphatic carbocycles. The Hall–Kier alpha value is 0.160. The minimum Gasteiger partial charge on any atom is -0.550 e. The standard InChI is InChI=1S/C32H24O8S4.4Na/c33-29(34)13-17-21-5-1-6-22(17)42-24-8-3-10-26(19(24)15-31(37)38)44-28-12-4-11-27(20(28)16-32(39)40)43-25-9-2-7-23(41-21)18(25)14-30(35)36;;;;/h1-12H,13-16H2,(H,33,34)(H,35,36)(H,37,38)(H,39,40);;;;/q;4*+1/p-4. The maximum Gasteiger partial charge on any atom is 1.00 e. The van der Waals surface area contributed by atoms with Crippen molar-refractivity contribution < 1.29 is 158 Å². The molecule has 5 rings (SSSR count). The Labute approximate surface area is 382 Å². The summed E-state index contributed by atoms with van der Waals surface area (Å²) in [5, 5.41) is 47.6. The third kappa shape index (κ3) is 12.1. The van der Waals surface area contributed by atoms with E-state index >= 15 is 0 Å². The van der Waals surface area contributed by atoms with Crippen LogP contribution in [0.2, 0.25) is 0 Å². The first-order chi connectivity index (χ1) is 21.1. The van der Waals surface area contributed by atoms with Gasteiger partial charge in [0.2, 0.25) is 0 Å². The maximum absolute atomic E-state index is 11.9. The summed E-state index contributed by atoms with van der Waals surface area (Å²) in [6.07, 6.45) is -1.73. The minimum atomic E-state index is -1.31. The van der Waals surface area contributed by atoms with Crippen molar-refractivity contribution >= 4 is 70.9 Å². The molecule has 1 aliphatic rings. The summed E-state index contributed by atoms with van der Waals surface area (Å²) < 4.78 is 0. The fourth-order valence-electron chi connectivity index (χ4n) is 4.70. The average molecular weight is 753 g/mol. The second-order valence-electron chi connectivity index (χ2n) is 9.53. The molecule has 16 heteroatoms. The zero-order chi connectivity index (χ0) is 31.4. The van der Waals surface area contributed by atoms with Crippen molar-refractivity contribution in [3.8, 4) is 0 Å². The Morgan fingerprint density at radius 3 is 0.625 bits per heavy atom. The average Bonchev–Trinajstić information content (AvgIpc) is 2.94. The molecule has 0 saturated heterocycles. The van der Waals surface area contributed by atoms with Gasteiger partial charge in [0.05, 0.1) is 0 Å². The number of carboxylic acid groups (broad SMARTS) is 4. The van der Waals surface area contributed by atoms with Crippen LogP contribution in [0.4, 0.5) is 0 Å². The molecule has 0 saturated carbocycles. The first-order valence-corrected chi connectivity index (χ1v) is 16.3. The predicted octanol–water partition coefficient (Wildman–Crippen LogP) is -10.2. The number of hydrogen-bond acceptors (Lipinski definition) is 12. The monoisotopic (exact) mass is 752 g/mol. The molecule has 8 bridgehead atoms. The van der Waals surface area contributed by atoms with Gasteiger partial charge in [-0.2, -0.15) is 0 Å². The summed E-state index contributed by atoms with van der Waals surface area (Å²) in [4.78, 5) is 52.0. The minimum absolute atomic E-state index is 0. The number of rotatable bonds is 8. The van der Waals surface area contributed by atoms with Gasteiger partial charge in [-0.15, -0.1) is 0 Å². The summed E-state index contributed by atoms with van der Waals surface area (Å²) in [6.45, 7) is 0. The van der Waals surface area contributed by atoms with Crippen LogP contribution < -0.4 is 139 Å². The third-order valence-electron chi connectivity index (χ3n) is 6.52. The first kappa shape index (κ1) is 46.2. The zero-order valence-electron chi connectivity index (χ0n) is 26.7. The van der Waals surface area contributed by atoms with Crippen molar-refractivity contribution in [2.45, 2.75) is 64.8 Å². The SMILES string of the molecule is O=C([O-])Cc1c2cccc1Sc1cccc(c1CC(=O)[O-])Sc1cccc(c1CC(=O)[O-])Sc1cccc(c1CC(=O)[O-])S2.[Na+].[Na+].[Na+].[Na+]. The van der Waals surface area contributed by atoms with E-state index in [1.807, 2.05) is 0 Å². The van der Waals surface area contributed by atoms with Crippen LogP contribution >= 0.6 is 47.0 Å². The summed E-state index contributed by atoms with van der Waals surface area (Å²) in [5.74, 6) is -5.25. The van der Waals surface area contributed by atoms with Gasteiger partial charge >= 0.3 is 118 Å². The van der Waals surface area contributed by atoms with Gasteiger partial charge in [0.25, 0.3) is 0 Å². The van der Waals surface area contributed by atoms with Crippen LogP contribution in [-0.2, 0) is 44.9 Å². The van der Waals surface area contributed by atoms with Gasteiger partial charge in [-0.3, -0.25) is 0 Å². The topological polar surface area (TPSA) is 161 Å². The molecule has 0 fully saturated rings. The molecule has 0 N–H and O–H groups in total. The zero-order valence-corrected chi connectivity index (χ0v) is 37.9. The van der Waals surface area contributed by atoms with E-state index in [1.54, 1.807) is 72.8 Å².